The Kier molecular flexibility index (Phi) is 6.97. The topological polar surface area (TPSA) is 70.5 Å². The molecule has 0 spiro atoms. The van der Waals surface area contributed by atoms with Crippen molar-refractivity contribution in [2.24, 2.45) is 0 Å². The fourth-order valence-corrected chi connectivity index (χ4v) is 3.97. The number of hydrogen-bond acceptors (Lipinski definition) is 4. The van der Waals surface area contributed by atoms with Gasteiger partial charge in [0.2, 0.25) is 5.91 Å². The van der Waals surface area contributed by atoms with Gasteiger partial charge in [-0.25, -0.2) is 0 Å². The number of anilines is 1. The third-order valence-corrected chi connectivity index (χ3v) is 5.80. The first-order chi connectivity index (χ1) is 15.6. The Bertz CT molecular complexity index is 1040. The molecule has 7 nitrogen and oxygen atoms in total. The number of amides is 2. The molecule has 7 heteroatoms. The van der Waals surface area contributed by atoms with Gasteiger partial charge in [-0.2, -0.15) is 5.10 Å². The van der Waals surface area contributed by atoms with Crippen molar-refractivity contribution >= 4 is 17.5 Å². The molecule has 1 fully saturated rings. The minimum Gasteiger partial charge on any atom is -0.336 e. The summed E-state index contributed by atoms with van der Waals surface area (Å²) in [5.41, 5.74) is 3.80. The molecule has 0 atom stereocenters. The van der Waals surface area contributed by atoms with Crippen LogP contribution in [-0.4, -0.2) is 64.1 Å². The highest BCUT2D eigenvalue weighted by Crippen LogP contribution is 2.16. The minimum atomic E-state index is -0.0153. The van der Waals surface area contributed by atoms with Crippen molar-refractivity contribution in [3.05, 3.63) is 83.7 Å². The van der Waals surface area contributed by atoms with Crippen LogP contribution in [0.4, 0.5) is 5.69 Å². The molecule has 2 aromatic carbocycles. The van der Waals surface area contributed by atoms with Crippen LogP contribution in [0.15, 0.2) is 67.0 Å². The zero-order chi connectivity index (χ0) is 22.3. The van der Waals surface area contributed by atoms with E-state index in [-0.39, 0.29) is 11.8 Å². The highest BCUT2D eigenvalue weighted by atomic mass is 16.2. The summed E-state index contributed by atoms with van der Waals surface area (Å²) in [6, 6.07) is 17.5. The number of nitrogens with one attached hydrogen (secondary N) is 1. The first-order valence-electron chi connectivity index (χ1n) is 11.1. The van der Waals surface area contributed by atoms with Gasteiger partial charge < -0.3 is 10.2 Å². The van der Waals surface area contributed by atoms with E-state index in [0.717, 1.165) is 23.2 Å². The third-order valence-electron chi connectivity index (χ3n) is 5.80. The molecule has 0 aliphatic carbocycles. The molecule has 0 saturated carbocycles. The van der Waals surface area contributed by atoms with Crippen molar-refractivity contribution in [2.75, 3.05) is 38.0 Å². The number of carbonyl (C=O) groups is 2. The summed E-state index contributed by atoms with van der Waals surface area (Å²) in [5, 5.41) is 7.23. The molecule has 1 aliphatic rings. The van der Waals surface area contributed by atoms with E-state index in [1.807, 2.05) is 70.4 Å². The molecule has 1 N–H and O–H groups in total. The van der Waals surface area contributed by atoms with Crippen LogP contribution in [0.25, 0.3) is 0 Å². The Balaban J connectivity index is 1.26. The SMILES string of the molecule is CCc1ccccc1NC(=O)CN1CCN(C(=O)c2ccc(Cn3cccn3)cc2)CC1. The summed E-state index contributed by atoms with van der Waals surface area (Å²) >= 11 is 0. The Morgan fingerprint density at radius 1 is 0.969 bits per heavy atom. The highest BCUT2D eigenvalue weighted by molar-refractivity contribution is 5.94. The molecule has 1 saturated heterocycles. The summed E-state index contributed by atoms with van der Waals surface area (Å²) in [7, 11) is 0. The molecular formula is C25H29N5O2. The smallest absolute Gasteiger partial charge is 0.253 e. The van der Waals surface area contributed by atoms with Gasteiger partial charge in [0, 0.05) is 49.8 Å². The van der Waals surface area contributed by atoms with Crippen molar-refractivity contribution < 1.29 is 9.59 Å². The number of aromatic nitrogens is 2. The lowest BCUT2D eigenvalue weighted by Gasteiger charge is -2.34. The van der Waals surface area contributed by atoms with Gasteiger partial charge in [0.05, 0.1) is 13.1 Å². The second kappa shape index (κ2) is 10.2. The Labute approximate surface area is 188 Å². The fourth-order valence-electron chi connectivity index (χ4n) is 3.97. The number of hydrogen-bond donors (Lipinski definition) is 1. The quantitative estimate of drug-likeness (QED) is 0.625. The van der Waals surface area contributed by atoms with Crippen LogP contribution in [0.2, 0.25) is 0 Å². The van der Waals surface area contributed by atoms with E-state index in [4.69, 9.17) is 0 Å². The number of benzene rings is 2. The van der Waals surface area contributed by atoms with Gasteiger partial charge in [-0.3, -0.25) is 19.2 Å². The van der Waals surface area contributed by atoms with E-state index in [1.54, 1.807) is 6.20 Å². The number of nitrogens with zero attached hydrogens (tertiary/aromatic N) is 4. The van der Waals surface area contributed by atoms with E-state index in [1.165, 1.54) is 0 Å². The first kappa shape index (κ1) is 21.8. The zero-order valence-electron chi connectivity index (χ0n) is 18.4. The molecule has 4 rings (SSSR count). The number of carbonyl (C=O) groups excluding carboxylic acids is 2. The van der Waals surface area contributed by atoms with Crippen LogP contribution < -0.4 is 5.32 Å². The van der Waals surface area contributed by atoms with Gasteiger partial charge >= 0.3 is 0 Å². The summed E-state index contributed by atoms with van der Waals surface area (Å²) in [6.45, 7) is 5.71. The van der Waals surface area contributed by atoms with Crippen LogP contribution in [0.5, 0.6) is 0 Å². The number of rotatable bonds is 7. The van der Waals surface area contributed by atoms with E-state index >= 15 is 0 Å². The zero-order valence-corrected chi connectivity index (χ0v) is 18.4. The Hall–Kier alpha value is -3.45. The fraction of sp³-hybridized carbons (Fsp3) is 0.320. The monoisotopic (exact) mass is 431 g/mol. The molecule has 1 aromatic heterocycles. The van der Waals surface area contributed by atoms with Crippen molar-refractivity contribution in [2.45, 2.75) is 19.9 Å². The molecule has 166 valence electrons. The van der Waals surface area contributed by atoms with Gasteiger partial charge in [0.1, 0.15) is 0 Å². The largest absolute Gasteiger partial charge is 0.336 e. The molecule has 0 bridgehead atoms. The molecule has 2 amide bonds. The van der Waals surface area contributed by atoms with Crippen LogP contribution in [0.3, 0.4) is 0 Å². The van der Waals surface area contributed by atoms with Crippen LogP contribution in [0, 0.1) is 0 Å². The Morgan fingerprint density at radius 2 is 1.72 bits per heavy atom. The number of piperazine rings is 1. The summed E-state index contributed by atoms with van der Waals surface area (Å²) in [6.07, 6.45) is 4.55. The van der Waals surface area contributed by atoms with Crippen LogP contribution in [-0.2, 0) is 17.8 Å². The molecule has 3 aromatic rings. The molecule has 0 radical (unpaired) electrons. The highest BCUT2D eigenvalue weighted by Gasteiger charge is 2.23. The molecule has 32 heavy (non-hydrogen) atoms. The van der Waals surface area contributed by atoms with Crippen molar-refractivity contribution in [1.29, 1.82) is 0 Å². The number of aryl methyl sites for hydroxylation is 1. The lowest BCUT2D eigenvalue weighted by atomic mass is 10.1. The standard InChI is InChI=1S/C25H29N5O2/c1-2-21-6-3-4-7-23(21)27-24(31)19-28-14-16-29(17-15-28)25(32)22-10-8-20(9-11-22)18-30-13-5-12-26-30/h3-13H,2,14-19H2,1H3,(H,27,31). The molecule has 0 unspecified atom stereocenters. The third kappa shape index (κ3) is 5.42. The lowest BCUT2D eigenvalue weighted by molar-refractivity contribution is -0.117. The number of para-hydroxylation sites is 1. The average Bonchev–Trinajstić information content (AvgIpc) is 3.33. The van der Waals surface area contributed by atoms with Crippen LogP contribution >= 0.6 is 0 Å². The molecular weight excluding hydrogens is 402 g/mol. The van der Waals surface area contributed by atoms with Crippen molar-refractivity contribution in [1.82, 2.24) is 19.6 Å². The van der Waals surface area contributed by atoms with Gasteiger partial charge in [-0.1, -0.05) is 37.3 Å². The predicted molar refractivity (Wildman–Crippen MR) is 125 cm³/mol. The van der Waals surface area contributed by atoms with Crippen molar-refractivity contribution in [3.63, 3.8) is 0 Å². The van der Waals surface area contributed by atoms with E-state index in [0.29, 0.717) is 44.8 Å². The van der Waals surface area contributed by atoms with E-state index in [9.17, 15) is 9.59 Å². The summed E-state index contributed by atoms with van der Waals surface area (Å²) in [4.78, 5) is 29.3. The van der Waals surface area contributed by atoms with E-state index < -0.39 is 0 Å². The maximum atomic E-state index is 12.9. The van der Waals surface area contributed by atoms with E-state index in [2.05, 4.69) is 22.2 Å². The van der Waals surface area contributed by atoms with Crippen LogP contribution in [0.1, 0.15) is 28.4 Å². The summed E-state index contributed by atoms with van der Waals surface area (Å²) < 4.78 is 1.85. The maximum Gasteiger partial charge on any atom is 0.253 e. The predicted octanol–water partition coefficient (Wildman–Crippen LogP) is 2.89. The second-order valence-electron chi connectivity index (χ2n) is 8.03. The first-order valence-corrected chi connectivity index (χ1v) is 11.1. The van der Waals surface area contributed by atoms with Gasteiger partial charge in [-0.15, -0.1) is 0 Å². The molecule has 1 aliphatic heterocycles. The van der Waals surface area contributed by atoms with Gasteiger partial charge in [0.15, 0.2) is 0 Å². The minimum absolute atomic E-state index is 0.0153. The Morgan fingerprint density at radius 3 is 2.41 bits per heavy atom. The lowest BCUT2D eigenvalue weighted by Crippen LogP contribution is -2.50. The maximum absolute atomic E-state index is 12.9. The van der Waals surface area contributed by atoms with Gasteiger partial charge in [-0.05, 0) is 41.8 Å². The summed E-state index contributed by atoms with van der Waals surface area (Å²) in [5.74, 6) is 0.0232. The second-order valence-corrected chi connectivity index (χ2v) is 8.03. The normalized spacial score (nSPS) is 14.3. The van der Waals surface area contributed by atoms with Crippen molar-refractivity contribution in [3.8, 4) is 0 Å². The average molecular weight is 432 g/mol. The molecule has 2 heterocycles. The van der Waals surface area contributed by atoms with Gasteiger partial charge in [0.25, 0.3) is 5.91 Å².